The van der Waals surface area contributed by atoms with E-state index in [0.717, 1.165) is 28.7 Å². The van der Waals surface area contributed by atoms with Gasteiger partial charge in [0.1, 0.15) is 6.10 Å². The monoisotopic (exact) mass is 240 g/mol. The van der Waals surface area contributed by atoms with Gasteiger partial charge in [-0.15, -0.1) is 0 Å². The predicted molar refractivity (Wildman–Crippen MR) is 75.8 cm³/mol. The molecule has 0 bridgehead atoms. The molecule has 0 saturated carbocycles. The Hall–Kier alpha value is -1.60. The number of rotatable bonds is 3. The Balaban J connectivity index is 2.38. The second-order valence-electron chi connectivity index (χ2n) is 4.80. The SMILES string of the molecule is CCc1ccc(C(O)c2c(C)cccc2C)cc1. The Labute approximate surface area is 109 Å². The molecule has 2 rings (SSSR count). The molecular weight excluding hydrogens is 220 g/mol. The van der Waals surface area contributed by atoms with Gasteiger partial charge in [-0.05, 0) is 48.1 Å². The molecule has 1 nitrogen and oxygen atoms in total. The summed E-state index contributed by atoms with van der Waals surface area (Å²) in [5.74, 6) is 0. The summed E-state index contributed by atoms with van der Waals surface area (Å²) >= 11 is 0. The number of aryl methyl sites for hydroxylation is 3. The highest BCUT2D eigenvalue weighted by Crippen LogP contribution is 2.27. The molecule has 1 N–H and O–H groups in total. The highest BCUT2D eigenvalue weighted by atomic mass is 16.3. The van der Waals surface area contributed by atoms with Gasteiger partial charge < -0.3 is 5.11 Å². The van der Waals surface area contributed by atoms with Crippen LogP contribution in [0.3, 0.4) is 0 Å². The maximum atomic E-state index is 10.5. The lowest BCUT2D eigenvalue weighted by molar-refractivity contribution is 0.219. The van der Waals surface area contributed by atoms with Crippen LogP contribution in [0.2, 0.25) is 0 Å². The van der Waals surface area contributed by atoms with Crippen LogP contribution in [0.15, 0.2) is 42.5 Å². The number of aliphatic hydroxyl groups excluding tert-OH is 1. The molecule has 1 heteroatoms. The van der Waals surface area contributed by atoms with E-state index in [4.69, 9.17) is 0 Å². The molecule has 1 atom stereocenters. The van der Waals surface area contributed by atoms with Crippen molar-refractivity contribution in [2.75, 3.05) is 0 Å². The standard InChI is InChI=1S/C17H20O/c1-4-14-8-10-15(11-9-14)17(18)16-12(2)6-5-7-13(16)3/h5-11,17-18H,4H2,1-3H3. The number of aliphatic hydroxyl groups is 1. The first-order valence-electron chi connectivity index (χ1n) is 6.46. The fourth-order valence-electron chi connectivity index (χ4n) is 2.36. The summed E-state index contributed by atoms with van der Waals surface area (Å²) in [6.45, 7) is 6.23. The summed E-state index contributed by atoms with van der Waals surface area (Å²) in [6, 6.07) is 14.3. The average Bonchev–Trinajstić information content (AvgIpc) is 2.38. The molecule has 0 heterocycles. The van der Waals surface area contributed by atoms with E-state index in [1.165, 1.54) is 5.56 Å². The average molecular weight is 240 g/mol. The second kappa shape index (κ2) is 5.36. The first-order valence-corrected chi connectivity index (χ1v) is 6.46. The van der Waals surface area contributed by atoms with E-state index in [1.54, 1.807) is 0 Å². The van der Waals surface area contributed by atoms with Gasteiger partial charge in [-0.25, -0.2) is 0 Å². The Morgan fingerprint density at radius 1 is 0.944 bits per heavy atom. The molecule has 0 saturated heterocycles. The largest absolute Gasteiger partial charge is 0.384 e. The molecule has 0 spiro atoms. The summed E-state index contributed by atoms with van der Waals surface area (Å²) in [5, 5.41) is 10.5. The van der Waals surface area contributed by atoms with E-state index >= 15 is 0 Å². The maximum absolute atomic E-state index is 10.5. The van der Waals surface area contributed by atoms with Gasteiger partial charge in [0.25, 0.3) is 0 Å². The van der Waals surface area contributed by atoms with Crippen molar-refractivity contribution in [3.8, 4) is 0 Å². The van der Waals surface area contributed by atoms with E-state index in [1.807, 2.05) is 44.2 Å². The molecule has 0 aliphatic carbocycles. The minimum absolute atomic E-state index is 0.530. The second-order valence-corrected chi connectivity index (χ2v) is 4.80. The van der Waals surface area contributed by atoms with Crippen LogP contribution in [-0.4, -0.2) is 5.11 Å². The fraction of sp³-hybridized carbons (Fsp3) is 0.294. The molecular formula is C17H20O. The van der Waals surface area contributed by atoms with Gasteiger partial charge in [-0.1, -0.05) is 49.4 Å². The van der Waals surface area contributed by atoms with Crippen LogP contribution < -0.4 is 0 Å². The van der Waals surface area contributed by atoms with Gasteiger partial charge in [0.05, 0.1) is 0 Å². The molecule has 2 aromatic carbocycles. The van der Waals surface area contributed by atoms with Crippen LogP contribution >= 0.6 is 0 Å². The summed E-state index contributed by atoms with van der Waals surface area (Å²) in [5.41, 5.74) is 5.57. The topological polar surface area (TPSA) is 20.2 Å². The van der Waals surface area contributed by atoms with Crippen LogP contribution in [0.5, 0.6) is 0 Å². The minimum Gasteiger partial charge on any atom is -0.384 e. The van der Waals surface area contributed by atoms with Crippen LogP contribution in [0, 0.1) is 13.8 Å². The van der Waals surface area contributed by atoms with Crippen LogP contribution in [0.25, 0.3) is 0 Å². The van der Waals surface area contributed by atoms with E-state index in [0.29, 0.717) is 0 Å². The lowest BCUT2D eigenvalue weighted by Crippen LogP contribution is -2.04. The van der Waals surface area contributed by atoms with E-state index in [2.05, 4.69) is 19.1 Å². The lowest BCUT2D eigenvalue weighted by Gasteiger charge is -2.17. The zero-order valence-corrected chi connectivity index (χ0v) is 11.3. The maximum Gasteiger partial charge on any atom is 0.105 e. The third kappa shape index (κ3) is 2.46. The molecule has 18 heavy (non-hydrogen) atoms. The Kier molecular flexibility index (Phi) is 3.83. The third-order valence-electron chi connectivity index (χ3n) is 3.52. The van der Waals surface area contributed by atoms with E-state index < -0.39 is 6.10 Å². The quantitative estimate of drug-likeness (QED) is 0.861. The summed E-state index contributed by atoms with van der Waals surface area (Å²) in [7, 11) is 0. The first-order chi connectivity index (χ1) is 8.63. The van der Waals surface area contributed by atoms with Crippen molar-refractivity contribution in [1.82, 2.24) is 0 Å². The van der Waals surface area contributed by atoms with Crippen LogP contribution in [0.4, 0.5) is 0 Å². The molecule has 2 aromatic rings. The molecule has 1 unspecified atom stereocenters. The van der Waals surface area contributed by atoms with Crippen molar-refractivity contribution in [1.29, 1.82) is 0 Å². The van der Waals surface area contributed by atoms with Gasteiger partial charge >= 0.3 is 0 Å². The van der Waals surface area contributed by atoms with Gasteiger partial charge in [0.2, 0.25) is 0 Å². The summed E-state index contributed by atoms with van der Waals surface area (Å²) in [4.78, 5) is 0. The first kappa shape index (κ1) is 12.8. The van der Waals surface area contributed by atoms with Gasteiger partial charge in [0.15, 0.2) is 0 Å². The normalized spacial score (nSPS) is 12.4. The van der Waals surface area contributed by atoms with Gasteiger partial charge in [0, 0.05) is 0 Å². The Bertz CT molecular complexity index is 506. The van der Waals surface area contributed by atoms with E-state index in [-0.39, 0.29) is 0 Å². The smallest absolute Gasteiger partial charge is 0.105 e. The molecule has 0 aliphatic heterocycles. The molecule has 0 aromatic heterocycles. The lowest BCUT2D eigenvalue weighted by atomic mass is 9.93. The van der Waals surface area contributed by atoms with Crippen LogP contribution in [0.1, 0.15) is 40.8 Å². The van der Waals surface area contributed by atoms with Crippen LogP contribution in [-0.2, 0) is 6.42 Å². The predicted octanol–water partition coefficient (Wildman–Crippen LogP) is 3.95. The minimum atomic E-state index is -0.530. The van der Waals surface area contributed by atoms with Crippen molar-refractivity contribution < 1.29 is 5.11 Å². The molecule has 0 radical (unpaired) electrons. The van der Waals surface area contributed by atoms with Crippen molar-refractivity contribution in [2.45, 2.75) is 33.3 Å². The van der Waals surface area contributed by atoms with Crippen molar-refractivity contribution in [2.24, 2.45) is 0 Å². The zero-order chi connectivity index (χ0) is 13.1. The fourth-order valence-corrected chi connectivity index (χ4v) is 2.36. The van der Waals surface area contributed by atoms with Crippen molar-refractivity contribution in [3.05, 3.63) is 70.3 Å². The van der Waals surface area contributed by atoms with E-state index in [9.17, 15) is 5.11 Å². The molecule has 0 amide bonds. The Morgan fingerprint density at radius 3 is 2.00 bits per heavy atom. The molecule has 94 valence electrons. The number of hydrogen-bond acceptors (Lipinski definition) is 1. The third-order valence-corrected chi connectivity index (χ3v) is 3.52. The summed E-state index contributed by atoms with van der Waals surface area (Å²) < 4.78 is 0. The number of hydrogen-bond donors (Lipinski definition) is 1. The molecule has 0 aliphatic rings. The van der Waals surface area contributed by atoms with Crippen molar-refractivity contribution >= 4 is 0 Å². The van der Waals surface area contributed by atoms with Gasteiger partial charge in [-0.3, -0.25) is 0 Å². The highest BCUT2D eigenvalue weighted by Gasteiger charge is 2.14. The van der Waals surface area contributed by atoms with Crippen molar-refractivity contribution in [3.63, 3.8) is 0 Å². The Morgan fingerprint density at radius 2 is 1.50 bits per heavy atom. The summed E-state index contributed by atoms with van der Waals surface area (Å²) in [6.07, 6.45) is 0.497. The van der Waals surface area contributed by atoms with Gasteiger partial charge in [-0.2, -0.15) is 0 Å². The number of benzene rings is 2. The zero-order valence-electron chi connectivity index (χ0n) is 11.3. The molecule has 0 fully saturated rings. The highest BCUT2D eigenvalue weighted by molar-refractivity contribution is 5.41.